The number of halogens is 1. The van der Waals surface area contributed by atoms with Crippen molar-refractivity contribution in [2.75, 3.05) is 25.6 Å². The van der Waals surface area contributed by atoms with Gasteiger partial charge in [0, 0.05) is 63.7 Å². The van der Waals surface area contributed by atoms with Gasteiger partial charge >= 0.3 is 0 Å². The molecule has 4 heterocycles. The van der Waals surface area contributed by atoms with Crippen molar-refractivity contribution in [2.24, 2.45) is 5.92 Å². The first-order valence-corrected chi connectivity index (χ1v) is 22.4. The fourth-order valence-electron chi connectivity index (χ4n) is 4.83. The van der Waals surface area contributed by atoms with Crippen LogP contribution in [0.1, 0.15) is 6.42 Å². The van der Waals surface area contributed by atoms with E-state index < -0.39 is 28.2 Å². The minimum atomic E-state index is -1.25. The monoisotopic (exact) mass is 625 g/mol. The first-order valence-electron chi connectivity index (χ1n) is 15.0. The van der Waals surface area contributed by atoms with Gasteiger partial charge in [-0.05, 0) is 42.8 Å². The van der Waals surface area contributed by atoms with E-state index in [0.717, 1.165) is 46.2 Å². The Kier molecular flexibility index (Phi) is 9.12. The molecule has 1 aliphatic carbocycles. The summed E-state index contributed by atoms with van der Waals surface area (Å²) in [4.78, 5) is 22.1. The van der Waals surface area contributed by atoms with Gasteiger partial charge in [0.05, 0.1) is 13.0 Å². The number of nitrogens with zero attached hydrogens (tertiary/aromatic N) is 4. The molecule has 0 bridgehead atoms. The van der Waals surface area contributed by atoms with Gasteiger partial charge in [0.1, 0.15) is 36.7 Å². The number of methoxy groups -OCH3 is 1. The van der Waals surface area contributed by atoms with Crippen molar-refractivity contribution in [3.63, 3.8) is 0 Å². The summed E-state index contributed by atoms with van der Waals surface area (Å²) in [6, 6.07) is 9.94. The number of aromatic nitrogens is 4. The Labute approximate surface area is 254 Å². The van der Waals surface area contributed by atoms with Crippen molar-refractivity contribution >= 4 is 49.9 Å². The third-order valence-corrected chi connectivity index (χ3v) is 11.1. The van der Waals surface area contributed by atoms with E-state index in [-0.39, 0.29) is 12.3 Å². The van der Waals surface area contributed by atoms with Gasteiger partial charge in [0.25, 0.3) is 0 Å². The van der Waals surface area contributed by atoms with Crippen LogP contribution >= 0.6 is 0 Å². The second kappa shape index (κ2) is 12.5. The lowest BCUT2D eigenvalue weighted by molar-refractivity contribution is -0.117. The molecule has 1 saturated carbocycles. The van der Waals surface area contributed by atoms with Gasteiger partial charge in [-0.3, -0.25) is 4.79 Å². The number of fused-ring (bicyclic) bond motifs is 2. The smallest absolute Gasteiger partial charge is 0.231 e. The van der Waals surface area contributed by atoms with Crippen LogP contribution in [0.4, 0.5) is 10.2 Å². The lowest BCUT2D eigenvalue weighted by atomic mass is 10.1. The van der Waals surface area contributed by atoms with Gasteiger partial charge in [-0.2, -0.15) is 4.98 Å². The number of ether oxygens (including phenoxy) is 3. The topological polar surface area (TPSA) is 92.4 Å². The van der Waals surface area contributed by atoms with Gasteiger partial charge in [-0.1, -0.05) is 39.3 Å². The van der Waals surface area contributed by atoms with E-state index in [9.17, 15) is 9.18 Å². The van der Waals surface area contributed by atoms with E-state index in [4.69, 9.17) is 24.2 Å². The molecule has 0 radical (unpaired) electrons. The van der Waals surface area contributed by atoms with E-state index in [1.165, 1.54) is 0 Å². The predicted octanol–water partition coefficient (Wildman–Crippen LogP) is 6.98. The van der Waals surface area contributed by atoms with Gasteiger partial charge in [0.15, 0.2) is 0 Å². The summed E-state index contributed by atoms with van der Waals surface area (Å²) in [6.07, 6.45) is 3.18. The van der Waals surface area contributed by atoms with Crippen molar-refractivity contribution in [2.45, 2.75) is 77.4 Å². The molecule has 1 N–H and O–H groups in total. The second-order valence-electron chi connectivity index (χ2n) is 13.9. The Morgan fingerprint density at radius 1 is 0.953 bits per heavy atom. The van der Waals surface area contributed by atoms with E-state index in [0.29, 0.717) is 37.4 Å². The van der Waals surface area contributed by atoms with Gasteiger partial charge < -0.3 is 28.7 Å². The van der Waals surface area contributed by atoms with Crippen molar-refractivity contribution in [3.05, 3.63) is 36.7 Å². The highest BCUT2D eigenvalue weighted by Crippen LogP contribution is 2.38. The largest absolute Gasteiger partial charge is 0.480 e. The first kappa shape index (κ1) is 31.4. The number of amides is 1. The Morgan fingerprint density at radius 2 is 1.60 bits per heavy atom. The molecule has 1 amide bonds. The van der Waals surface area contributed by atoms with Crippen LogP contribution in [0.5, 0.6) is 5.88 Å². The van der Waals surface area contributed by atoms with E-state index in [1.807, 2.05) is 33.7 Å². The zero-order chi connectivity index (χ0) is 30.9. The number of alkyl halides is 1. The summed E-state index contributed by atoms with van der Waals surface area (Å²) >= 11 is 0. The molecular weight excluding hydrogens is 582 g/mol. The summed E-state index contributed by atoms with van der Waals surface area (Å²) < 4.78 is 35.3. The molecule has 12 heteroatoms. The number of rotatable bonds is 14. The number of nitrogens with one attached hydrogen (secondary N) is 1. The molecule has 9 nitrogen and oxygen atoms in total. The lowest BCUT2D eigenvalue weighted by Crippen LogP contribution is -2.22. The summed E-state index contributed by atoms with van der Waals surface area (Å²) in [5.41, 5.74) is 3.17. The third kappa shape index (κ3) is 7.72. The maximum atomic E-state index is 13.5. The molecule has 1 aliphatic rings. The van der Waals surface area contributed by atoms with Crippen LogP contribution < -0.4 is 10.1 Å². The molecule has 0 aromatic carbocycles. The summed E-state index contributed by atoms with van der Waals surface area (Å²) in [5.74, 6) is -0.0519. The molecular formula is C31H44FN5O4Si2. The maximum absolute atomic E-state index is 13.5. The number of carbonyl (C=O) groups excluding carboxylic acids is 1. The zero-order valence-electron chi connectivity index (χ0n) is 26.4. The number of hydrogen-bond acceptors (Lipinski definition) is 6. The number of carbonyl (C=O) groups is 1. The third-order valence-electron chi connectivity index (χ3n) is 7.66. The van der Waals surface area contributed by atoms with E-state index >= 15 is 0 Å². The van der Waals surface area contributed by atoms with Crippen molar-refractivity contribution in [1.29, 1.82) is 0 Å². The fraction of sp³-hybridized carbons (Fsp3) is 0.516. The highest BCUT2D eigenvalue weighted by Gasteiger charge is 2.43. The second-order valence-corrected chi connectivity index (χ2v) is 25.1. The molecule has 0 unspecified atom stereocenters. The average molecular weight is 626 g/mol. The Morgan fingerprint density at radius 3 is 2.21 bits per heavy atom. The van der Waals surface area contributed by atoms with Crippen LogP contribution in [0, 0.1) is 5.92 Å². The molecule has 2 atom stereocenters. The summed E-state index contributed by atoms with van der Waals surface area (Å²) in [5, 5.41) is 4.62. The average Bonchev–Trinajstić information content (AvgIpc) is 3.39. The number of hydrogen-bond donors (Lipinski definition) is 1. The molecule has 0 aliphatic heterocycles. The molecule has 4 aromatic heterocycles. The molecule has 1 fully saturated rings. The maximum Gasteiger partial charge on any atom is 0.231 e. The minimum absolute atomic E-state index is 0.265. The summed E-state index contributed by atoms with van der Waals surface area (Å²) in [6.45, 7) is 16.1. The molecule has 5 rings (SSSR count). The van der Waals surface area contributed by atoms with Crippen molar-refractivity contribution < 1.29 is 23.4 Å². The molecule has 4 aromatic rings. The lowest BCUT2D eigenvalue weighted by Gasteiger charge is -2.16. The van der Waals surface area contributed by atoms with E-state index in [2.05, 4.69) is 50.7 Å². The van der Waals surface area contributed by atoms with Crippen LogP contribution in [0.3, 0.4) is 0 Å². The van der Waals surface area contributed by atoms with E-state index in [1.54, 1.807) is 13.2 Å². The molecule has 0 saturated heterocycles. The van der Waals surface area contributed by atoms with Gasteiger partial charge in [-0.15, -0.1) is 0 Å². The van der Waals surface area contributed by atoms with Crippen LogP contribution in [0.15, 0.2) is 36.7 Å². The van der Waals surface area contributed by atoms with Crippen molar-refractivity contribution in [1.82, 2.24) is 19.1 Å². The standard InChI is InChI=1S/C31H44FN5O4Si2/c1-39-31-23(16-21-10-11-36(28(21)35-31)19-40-12-14-42(2,3)4)25-18-37(20-41-13-15-43(5,6)7)29-22(25)8-9-27(33-29)34-30(38)24-17-26(24)32/h8-11,16,18,24,26H,12-15,17,19-20H2,1-7H3,(H,33,34,38)/t24-,26-/m0/s1. The normalized spacial score (nSPS) is 17.1. The Hall–Kier alpha value is -3.07. The van der Waals surface area contributed by atoms with Gasteiger partial charge in [0.2, 0.25) is 11.8 Å². The molecule has 0 spiro atoms. The SMILES string of the molecule is COc1nc2c(ccn2COCC[Si](C)(C)C)cc1-c1cn(COCC[Si](C)(C)C)c2nc(NC(=O)[C@H]3C[C@@H]3F)ccc12. The van der Waals surface area contributed by atoms with Crippen LogP contribution in [0.25, 0.3) is 33.2 Å². The highest BCUT2D eigenvalue weighted by atomic mass is 28.3. The van der Waals surface area contributed by atoms with Crippen LogP contribution in [-0.2, 0) is 27.7 Å². The quantitative estimate of drug-likeness (QED) is 0.120. The Bertz CT molecular complexity index is 1610. The van der Waals surface area contributed by atoms with Gasteiger partial charge in [-0.25, -0.2) is 9.37 Å². The molecule has 232 valence electrons. The number of pyridine rings is 2. The first-order chi connectivity index (χ1) is 20.3. The number of anilines is 1. The van der Waals surface area contributed by atoms with Crippen LogP contribution in [0.2, 0.25) is 51.4 Å². The van der Waals surface area contributed by atoms with Crippen molar-refractivity contribution in [3.8, 4) is 17.0 Å². The minimum Gasteiger partial charge on any atom is -0.480 e. The Balaban J connectivity index is 1.46. The van der Waals surface area contributed by atoms with Crippen LogP contribution in [-0.4, -0.2) is 67.7 Å². The molecule has 43 heavy (non-hydrogen) atoms. The highest BCUT2D eigenvalue weighted by molar-refractivity contribution is 6.76. The summed E-state index contributed by atoms with van der Waals surface area (Å²) in [7, 11) is -0.801. The zero-order valence-corrected chi connectivity index (χ0v) is 28.4. The fourth-order valence-corrected chi connectivity index (χ4v) is 6.35. The predicted molar refractivity (Wildman–Crippen MR) is 175 cm³/mol.